The number of anilines is 3. The van der Waals surface area contributed by atoms with Crippen LogP contribution in [0.2, 0.25) is 0 Å². The van der Waals surface area contributed by atoms with Crippen molar-refractivity contribution in [2.24, 2.45) is 0 Å². The Hall–Kier alpha value is -2.61. The molecule has 8 heteroatoms. The summed E-state index contributed by atoms with van der Waals surface area (Å²) in [5, 5.41) is 2.51. The first-order valence-electron chi connectivity index (χ1n) is 10.1. The molecule has 2 aliphatic heterocycles. The summed E-state index contributed by atoms with van der Waals surface area (Å²) >= 11 is 1.70. The Labute approximate surface area is 178 Å². The molecule has 0 aliphatic carbocycles. The van der Waals surface area contributed by atoms with E-state index in [9.17, 15) is 18.4 Å². The molecule has 0 unspecified atom stereocenters. The van der Waals surface area contributed by atoms with Crippen LogP contribution in [0.25, 0.3) is 0 Å². The molecule has 4 rings (SSSR count). The zero-order valence-corrected chi connectivity index (χ0v) is 17.3. The molecular formula is C22H23F2N3O2S. The average molecular weight is 432 g/mol. The summed E-state index contributed by atoms with van der Waals surface area (Å²) < 4.78 is 28.8. The fourth-order valence-corrected chi connectivity index (χ4v) is 4.88. The van der Waals surface area contributed by atoms with Gasteiger partial charge in [0.25, 0.3) is 0 Å². The molecule has 1 N–H and O–H groups in total. The van der Waals surface area contributed by atoms with E-state index in [1.54, 1.807) is 21.6 Å². The maximum atomic E-state index is 14.4. The standard InChI is InChI=1S/C22H23F2N3O2S/c23-16-13-15(14-17(24)22(16)26-9-3-4-10-26)25-20(28)7-8-21(29)27-11-12-30-19-6-2-1-5-18(19)27/h1-2,5-6,13-14H,3-4,7-12H2,(H,25,28). The van der Waals surface area contributed by atoms with Crippen molar-refractivity contribution in [3.05, 3.63) is 48.0 Å². The van der Waals surface area contributed by atoms with Crippen LogP contribution in [-0.2, 0) is 9.59 Å². The summed E-state index contributed by atoms with van der Waals surface area (Å²) in [6.07, 6.45) is 1.79. The summed E-state index contributed by atoms with van der Waals surface area (Å²) in [6.45, 7) is 1.84. The van der Waals surface area contributed by atoms with Gasteiger partial charge in [0, 0.05) is 48.8 Å². The lowest BCUT2D eigenvalue weighted by Gasteiger charge is -2.29. The molecule has 158 valence electrons. The van der Waals surface area contributed by atoms with E-state index in [1.165, 1.54) is 0 Å². The van der Waals surface area contributed by atoms with Crippen molar-refractivity contribution in [3.8, 4) is 0 Å². The molecule has 0 saturated carbocycles. The molecule has 2 amide bonds. The molecule has 2 aliphatic rings. The number of fused-ring (bicyclic) bond motifs is 1. The molecule has 5 nitrogen and oxygen atoms in total. The molecule has 0 atom stereocenters. The molecular weight excluding hydrogens is 408 g/mol. The van der Waals surface area contributed by atoms with Crippen LogP contribution in [0.1, 0.15) is 25.7 Å². The van der Waals surface area contributed by atoms with Crippen molar-refractivity contribution in [3.63, 3.8) is 0 Å². The van der Waals surface area contributed by atoms with Crippen molar-refractivity contribution in [1.29, 1.82) is 0 Å². The number of nitrogens with one attached hydrogen (secondary N) is 1. The van der Waals surface area contributed by atoms with Crippen LogP contribution in [0, 0.1) is 11.6 Å². The third-order valence-corrected chi connectivity index (χ3v) is 6.36. The van der Waals surface area contributed by atoms with Gasteiger partial charge in [0.05, 0.1) is 5.69 Å². The monoisotopic (exact) mass is 431 g/mol. The predicted molar refractivity (Wildman–Crippen MR) is 115 cm³/mol. The van der Waals surface area contributed by atoms with Gasteiger partial charge in [0.2, 0.25) is 11.8 Å². The lowest BCUT2D eigenvalue weighted by Crippen LogP contribution is -2.35. The van der Waals surface area contributed by atoms with E-state index in [2.05, 4.69) is 5.32 Å². The van der Waals surface area contributed by atoms with Crippen molar-refractivity contribution in [1.82, 2.24) is 0 Å². The number of nitrogens with zero attached hydrogens (tertiary/aromatic N) is 2. The zero-order valence-electron chi connectivity index (χ0n) is 16.5. The Kier molecular flexibility index (Phi) is 6.22. The van der Waals surface area contributed by atoms with Gasteiger partial charge in [-0.3, -0.25) is 9.59 Å². The molecule has 2 aromatic rings. The summed E-state index contributed by atoms with van der Waals surface area (Å²) in [6, 6.07) is 9.95. The Morgan fingerprint density at radius 3 is 2.43 bits per heavy atom. The zero-order chi connectivity index (χ0) is 21.1. The van der Waals surface area contributed by atoms with E-state index in [4.69, 9.17) is 0 Å². The maximum absolute atomic E-state index is 14.4. The summed E-state index contributed by atoms with van der Waals surface area (Å²) in [5.74, 6) is -1.16. The second-order valence-electron chi connectivity index (χ2n) is 7.39. The molecule has 2 heterocycles. The highest BCUT2D eigenvalue weighted by Gasteiger charge is 2.24. The number of carbonyl (C=O) groups is 2. The van der Waals surface area contributed by atoms with Crippen LogP contribution in [0.3, 0.4) is 0 Å². The third-order valence-electron chi connectivity index (χ3n) is 5.32. The van der Waals surface area contributed by atoms with Crippen LogP contribution in [-0.4, -0.2) is 37.2 Å². The van der Waals surface area contributed by atoms with E-state index in [-0.39, 0.29) is 30.1 Å². The van der Waals surface area contributed by atoms with Crippen molar-refractivity contribution < 1.29 is 18.4 Å². The van der Waals surface area contributed by atoms with E-state index in [1.807, 2.05) is 24.3 Å². The second-order valence-corrected chi connectivity index (χ2v) is 8.53. The van der Waals surface area contributed by atoms with Crippen LogP contribution >= 0.6 is 11.8 Å². The van der Waals surface area contributed by atoms with Crippen molar-refractivity contribution in [2.75, 3.05) is 40.5 Å². The number of thioether (sulfide) groups is 1. The lowest BCUT2D eigenvalue weighted by molar-refractivity contribution is -0.122. The maximum Gasteiger partial charge on any atom is 0.227 e. The highest BCUT2D eigenvalue weighted by atomic mass is 32.2. The first-order valence-corrected chi connectivity index (χ1v) is 11.1. The Morgan fingerprint density at radius 2 is 1.70 bits per heavy atom. The second kappa shape index (κ2) is 9.04. The minimum absolute atomic E-state index is 0.0294. The van der Waals surface area contributed by atoms with Gasteiger partial charge < -0.3 is 15.1 Å². The van der Waals surface area contributed by atoms with Gasteiger partial charge in [-0.25, -0.2) is 8.78 Å². The van der Waals surface area contributed by atoms with E-state index < -0.39 is 17.5 Å². The normalized spacial score (nSPS) is 15.8. The smallest absolute Gasteiger partial charge is 0.227 e. The van der Waals surface area contributed by atoms with Gasteiger partial charge in [-0.15, -0.1) is 11.8 Å². The van der Waals surface area contributed by atoms with E-state index in [0.29, 0.717) is 19.6 Å². The van der Waals surface area contributed by atoms with Gasteiger partial charge in [0.15, 0.2) is 11.6 Å². The molecule has 30 heavy (non-hydrogen) atoms. The molecule has 2 aromatic carbocycles. The Morgan fingerprint density at radius 1 is 1.00 bits per heavy atom. The topological polar surface area (TPSA) is 52.7 Å². The van der Waals surface area contributed by atoms with Crippen LogP contribution in [0.15, 0.2) is 41.3 Å². The van der Waals surface area contributed by atoms with Crippen molar-refractivity contribution >= 4 is 40.6 Å². The number of rotatable bonds is 5. The van der Waals surface area contributed by atoms with Crippen molar-refractivity contribution in [2.45, 2.75) is 30.6 Å². The number of hydrogen-bond donors (Lipinski definition) is 1. The predicted octanol–water partition coefficient (Wildman–Crippen LogP) is 4.42. The molecule has 0 bridgehead atoms. The number of halogens is 2. The van der Waals surface area contributed by atoms with Gasteiger partial charge in [-0.05, 0) is 37.1 Å². The molecule has 1 fully saturated rings. The highest BCUT2D eigenvalue weighted by Crippen LogP contribution is 2.34. The minimum Gasteiger partial charge on any atom is -0.367 e. The summed E-state index contributed by atoms with van der Waals surface area (Å²) in [4.78, 5) is 29.3. The Bertz CT molecular complexity index is 940. The first-order chi connectivity index (χ1) is 14.5. The summed E-state index contributed by atoms with van der Waals surface area (Å²) in [5.41, 5.74) is 0.883. The average Bonchev–Trinajstić information content (AvgIpc) is 3.25. The SMILES string of the molecule is O=C(CCC(=O)N1CCSc2ccccc21)Nc1cc(F)c(N2CCCC2)c(F)c1. The van der Waals surface area contributed by atoms with E-state index in [0.717, 1.165) is 41.3 Å². The van der Waals surface area contributed by atoms with Gasteiger partial charge in [-0.1, -0.05) is 12.1 Å². The number of benzene rings is 2. The number of hydrogen-bond acceptors (Lipinski definition) is 4. The minimum atomic E-state index is -0.689. The van der Waals surface area contributed by atoms with Crippen LogP contribution < -0.4 is 15.1 Å². The van der Waals surface area contributed by atoms with Crippen LogP contribution in [0.4, 0.5) is 25.8 Å². The third kappa shape index (κ3) is 4.43. The largest absolute Gasteiger partial charge is 0.367 e. The van der Waals surface area contributed by atoms with Gasteiger partial charge >= 0.3 is 0 Å². The fraction of sp³-hybridized carbons (Fsp3) is 0.364. The van der Waals surface area contributed by atoms with E-state index >= 15 is 0 Å². The first kappa shape index (κ1) is 20.7. The van der Waals surface area contributed by atoms with Gasteiger partial charge in [0.1, 0.15) is 5.69 Å². The quantitative estimate of drug-likeness (QED) is 0.761. The Balaban J connectivity index is 1.36. The molecule has 1 saturated heterocycles. The lowest BCUT2D eigenvalue weighted by atomic mass is 10.2. The molecule has 0 aromatic heterocycles. The molecule has 0 radical (unpaired) electrons. The molecule has 0 spiro atoms. The fourth-order valence-electron chi connectivity index (χ4n) is 3.89. The number of para-hydroxylation sites is 1. The number of carbonyl (C=O) groups excluding carboxylic acids is 2. The summed E-state index contributed by atoms with van der Waals surface area (Å²) in [7, 11) is 0. The van der Waals surface area contributed by atoms with Crippen LogP contribution in [0.5, 0.6) is 0 Å². The highest BCUT2D eigenvalue weighted by molar-refractivity contribution is 7.99. The van der Waals surface area contributed by atoms with Gasteiger partial charge in [-0.2, -0.15) is 0 Å². The number of amides is 2.